The summed E-state index contributed by atoms with van der Waals surface area (Å²) in [5.74, 6) is -0.437. The molecule has 142 valence electrons. The van der Waals surface area contributed by atoms with Gasteiger partial charge < -0.3 is 10.1 Å². The highest BCUT2D eigenvalue weighted by atomic mass is 32.2. The lowest BCUT2D eigenvalue weighted by Gasteiger charge is -2.08. The summed E-state index contributed by atoms with van der Waals surface area (Å²) in [6.07, 6.45) is 3.15. The van der Waals surface area contributed by atoms with Crippen molar-refractivity contribution in [2.75, 3.05) is 11.1 Å². The number of amides is 1. The van der Waals surface area contributed by atoms with Crippen LogP contribution >= 0.6 is 11.8 Å². The number of hydrogen-bond acceptors (Lipinski definition) is 6. The minimum atomic E-state index is -0.518. The molecule has 0 bridgehead atoms. The number of carbonyl (C=O) groups excluding carboxylic acids is 2. The fraction of sp³-hybridized carbons (Fsp3) is 0.100. The van der Waals surface area contributed by atoms with Gasteiger partial charge in [0.05, 0.1) is 5.75 Å². The number of nitrogens with one attached hydrogen (secondary N) is 1. The third kappa shape index (κ3) is 5.37. The van der Waals surface area contributed by atoms with E-state index in [0.29, 0.717) is 21.9 Å². The average molecular weight is 397 g/mol. The van der Waals surface area contributed by atoms with Crippen LogP contribution in [-0.4, -0.2) is 27.4 Å². The van der Waals surface area contributed by atoms with Crippen LogP contribution in [0.25, 0.3) is 0 Å². The molecule has 0 radical (unpaired) electrons. The predicted molar refractivity (Wildman–Crippen MR) is 104 cm³/mol. The molecule has 0 saturated carbocycles. The molecule has 0 aliphatic rings. The van der Waals surface area contributed by atoms with Gasteiger partial charge in [-0.25, -0.2) is 14.4 Å². The number of rotatable bonds is 7. The second kappa shape index (κ2) is 9.09. The molecule has 0 atom stereocenters. The summed E-state index contributed by atoms with van der Waals surface area (Å²) < 4.78 is 19.5. The molecule has 0 fully saturated rings. The summed E-state index contributed by atoms with van der Waals surface area (Å²) in [7, 11) is 0. The molecule has 8 heteroatoms. The maximum absolute atomic E-state index is 14.0. The zero-order valence-electron chi connectivity index (χ0n) is 14.9. The maximum Gasteiger partial charge on any atom is 0.321 e. The number of ether oxygens (including phenoxy) is 1. The molecule has 0 saturated heterocycles. The molecule has 1 amide bonds. The van der Waals surface area contributed by atoms with Crippen molar-refractivity contribution in [1.29, 1.82) is 0 Å². The molecule has 0 unspecified atom stereocenters. The van der Waals surface area contributed by atoms with Gasteiger partial charge in [0.2, 0.25) is 5.91 Å². The lowest BCUT2D eigenvalue weighted by molar-refractivity contribution is -0.113. The summed E-state index contributed by atoms with van der Waals surface area (Å²) in [5, 5.41) is 2.73. The van der Waals surface area contributed by atoms with E-state index in [4.69, 9.17) is 4.74 Å². The number of aromatic nitrogens is 2. The zero-order valence-corrected chi connectivity index (χ0v) is 15.7. The number of carbonyl (C=O) groups is 2. The largest absolute Gasteiger partial charge is 0.424 e. The van der Waals surface area contributed by atoms with Crippen LogP contribution in [0.3, 0.4) is 0 Å². The maximum atomic E-state index is 14.0. The van der Waals surface area contributed by atoms with Crippen molar-refractivity contribution in [3.05, 3.63) is 72.3 Å². The molecule has 0 aliphatic heterocycles. The normalized spacial score (nSPS) is 10.4. The van der Waals surface area contributed by atoms with E-state index in [-0.39, 0.29) is 23.5 Å². The fourth-order valence-electron chi connectivity index (χ4n) is 2.23. The molecule has 1 heterocycles. The molecule has 28 heavy (non-hydrogen) atoms. The Bertz CT molecular complexity index is 982. The first kappa shape index (κ1) is 19.5. The van der Waals surface area contributed by atoms with Crippen LogP contribution in [0.1, 0.15) is 17.3 Å². The highest BCUT2D eigenvalue weighted by Gasteiger charge is 2.10. The monoisotopic (exact) mass is 397 g/mol. The molecule has 0 spiro atoms. The van der Waals surface area contributed by atoms with Gasteiger partial charge in [-0.1, -0.05) is 6.07 Å². The first-order valence-corrected chi connectivity index (χ1v) is 9.28. The summed E-state index contributed by atoms with van der Waals surface area (Å²) in [6.45, 7) is 1.37. The summed E-state index contributed by atoms with van der Waals surface area (Å²) in [6, 6.07) is 12.9. The van der Waals surface area contributed by atoms with E-state index in [1.165, 1.54) is 19.1 Å². The number of anilines is 1. The van der Waals surface area contributed by atoms with Crippen molar-refractivity contribution in [1.82, 2.24) is 9.97 Å². The van der Waals surface area contributed by atoms with E-state index in [1.807, 2.05) is 0 Å². The number of Topliss-reactive ketones (excluding diaryl/α,β-unsaturated/α-hetero) is 1. The molecule has 3 aromatic rings. The number of nitrogens with zero attached hydrogens (tertiary/aromatic N) is 2. The lowest BCUT2D eigenvalue weighted by Crippen LogP contribution is -2.14. The number of benzene rings is 2. The quantitative estimate of drug-likeness (QED) is 0.472. The molecule has 0 aliphatic carbocycles. The van der Waals surface area contributed by atoms with Gasteiger partial charge in [-0.2, -0.15) is 0 Å². The van der Waals surface area contributed by atoms with E-state index < -0.39 is 5.82 Å². The Morgan fingerprint density at radius 1 is 1.11 bits per heavy atom. The highest BCUT2D eigenvalue weighted by Crippen LogP contribution is 2.24. The van der Waals surface area contributed by atoms with E-state index in [0.717, 1.165) is 11.8 Å². The molecule has 1 N–H and O–H groups in total. The van der Waals surface area contributed by atoms with Crippen molar-refractivity contribution in [3.8, 4) is 11.8 Å². The third-order valence-corrected chi connectivity index (χ3v) is 4.64. The molecule has 1 aromatic heterocycles. The van der Waals surface area contributed by atoms with Crippen LogP contribution in [0.4, 0.5) is 10.1 Å². The van der Waals surface area contributed by atoms with Crippen molar-refractivity contribution in [2.45, 2.75) is 11.8 Å². The van der Waals surface area contributed by atoms with Gasteiger partial charge in [0.1, 0.15) is 11.6 Å². The van der Waals surface area contributed by atoms with E-state index >= 15 is 0 Å². The van der Waals surface area contributed by atoms with Crippen molar-refractivity contribution >= 4 is 29.1 Å². The number of halogens is 1. The SMILES string of the molecule is CC(=O)c1ccc(SCC(=O)Nc2ccc(Oc3ncccn3)cc2)c(F)c1. The predicted octanol–water partition coefficient (Wildman–Crippen LogP) is 4.34. The number of ketones is 1. The van der Waals surface area contributed by atoms with Crippen LogP contribution in [0.5, 0.6) is 11.8 Å². The van der Waals surface area contributed by atoms with Gasteiger partial charge in [0, 0.05) is 28.5 Å². The second-order valence-corrected chi connectivity index (χ2v) is 6.71. The smallest absolute Gasteiger partial charge is 0.321 e. The Kier molecular flexibility index (Phi) is 6.33. The van der Waals surface area contributed by atoms with Gasteiger partial charge in [0.15, 0.2) is 5.78 Å². The number of hydrogen-bond donors (Lipinski definition) is 1. The summed E-state index contributed by atoms with van der Waals surface area (Å²) >= 11 is 1.06. The van der Waals surface area contributed by atoms with E-state index in [9.17, 15) is 14.0 Å². The molecule has 3 rings (SSSR count). The summed E-state index contributed by atoms with van der Waals surface area (Å²) in [4.78, 5) is 31.6. The van der Waals surface area contributed by atoms with Gasteiger partial charge in [-0.15, -0.1) is 11.8 Å². The standard InChI is InChI=1S/C20H16FN3O3S/c1-13(25)14-3-8-18(17(21)11-14)28-12-19(26)24-15-4-6-16(7-5-15)27-20-22-9-2-10-23-20/h2-11H,12H2,1H3,(H,24,26). The van der Waals surface area contributed by atoms with E-state index in [1.54, 1.807) is 48.8 Å². The second-order valence-electron chi connectivity index (χ2n) is 5.70. The van der Waals surface area contributed by atoms with Crippen molar-refractivity contribution in [3.63, 3.8) is 0 Å². The van der Waals surface area contributed by atoms with Gasteiger partial charge in [0.25, 0.3) is 0 Å². The van der Waals surface area contributed by atoms with Crippen LogP contribution in [-0.2, 0) is 4.79 Å². The Labute approximate surface area is 165 Å². The first-order chi connectivity index (χ1) is 13.5. The third-order valence-electron chi connectivity index (χ3n) is 3.59. The molecular formula is C20H16FN3O3S. The summed E-state index contributed by atoms with van der Waals surface area (Å²) in [5.41, 5.74) is 0.883. The van der Waals surface area contributed by atoms with Crippen LogP contribution < -0.4 is 10.1 Å². The van der Waals surface area contributed by atoms with Crippen LogP contribution in [0, 0.1) is 5.82 Å². The molecule has 6 nitrogen and oxygen atoms in total. The van der Waals surface area contributed by atoms with Gasteiger partial charge in [-0.05, 0) is 49.4 Å². The fourth-order valence-corrected chi connectivity index (χ4v) is 2.95. The minimum absolute atomic E-state index is 0.0342. The molecule has 2 aromatic carbocycles. The van der Waals surface area contributed by atoms with Crippen molar-refractivity contribution in [2.24, 2.45) is 0 Å². The van der Waals surface area contributed by atoms with Crippen molar-refractivity contribution < 1.29 is 18.7 Å². The van der Waals surface area contributed by atoms with Gasteiger partial charge in [-0.3, -0.25) is 9.59 Å². The minimum Gasteiger partial charge on any atom is -0.424 e. The van der Waals surface area contributed by atoms with Crippen LogP contribution in [0.15, 0.2) is 65.8 Å². The first-order valence-electron chi connectivity index (χ1n) is 8.29. The van der Waals surface area contributed by atoms with E-state index in [2.05, 4.69) is 15.3 Å². The van der Waals surface area contributed by atoms with Crippen LogP contribution in [0.2, 0.25) is 0 Å². The Balaban J connectivity index is 1.53. The number of thioether (sulfide) groups is 1. The highest BCUT2D eigenvalue weighted by molar-refractivity contribution is 8.00. The Morgan fingerprint density at radius 3 is 2.46 bits per heavy atom. The molecular weight excluding hydrogens is 381 g/mol. The topological polar surface area (TPSA) is 81.2 Å². The zero-order chi connectivity index (χ0) is 19.9. The van der Waals surface area contributed by atoms with Gasteiger partial charge >= 0.3 is 6.01 Å². The Morgan fingerprint density at radius 2 is 1.82 bits per heavy atom. The lowest BCUT2D eigenvalue weighted by atomic mass is 10.1. The Hall–Kier alpha value is -3.26. The average Bonchev–Trinajstić information content (AvgIpc) is 2.69.